The summed E-state index contributed by atoms with van der Waals surface area (Å²) in [4.78, 5) is 17.4. The van der Waals surface area contributed by atoms with E-state index < -0.39 is 6.10 Å². The van der Waals surface area contributed by atoms with Crippen LogP contribution in [0.4, 0.5) is 5.13 Å². The molecule has 0 aliphatic rings. The predicted octanol–water partition coefficient (Wildman–Crippen LogP) is 3.56. The van der Waals surface area contributed by atoms with E-state index in [0.29, 0.717) is 17.3 Å². The molecule has 1 aromatic heterocycles. The lowest BCUT2D eigenvalue weighted by Crippen LogP contribution is -2.32. The molecule has 0 spiro atoms. The summed E-state index contributed by atoms with van der Waals surface area (Å²) in [7, 11) is 0. The average molecular weight is 290 g/mol. The minimum absolute atomic E-state index is 0.164. The molecule has 1 unspecified atom stereocenters. The third-order valence-corrected chi connectivity index (χ3v) is 3.61. The SMILES string of the molecule is CCC(Oc1cccc(C)c1)C(=O)Nc1ncc(C)s1. The highest BCUT2D eigenvalue weighted by molar-refractivity contribution is 7.15. The summed E-state index contributed by atoms with van der Waals surface area (Å²) < 4.78 is 5.75. The maximum atomic E-state index is 12.2. The van der Waals surface area contributed by atoms with E-state index in [1.165, 1.54) is 11.3 Å². The third kappa shape index (κ3) is 3.81. The number of amides is 1. The molecule has 0 aliphatic heterocycles. The van der Waals surface area contributed by atoms with Gasteiger partial charge in [-0.25, -0.2) is 4.98 Å². The van der Waals surface area contributed by atoms with Crippen molar-refractivity contribution in [2.75, 3.05) is 5.32 Å². The third-order valence-electron chi connectivity index (χ3n) is 2.78. The monoisotopic (exact) mass is 290 g/mol. The Bertz CT molecular complexity index is 595. The van der Waals surface area contributed by atoms with Crippen molar-refractivity contribution in [3.8, 4) is 5.75 Å². The second kappa shape index (κ2) is 6.52. The van der Waals surface area contributed by atoms with Crippen LogP contribution >= 0.6 is 11.3 Å². The molecule has 4 nitrogen and oxygen atoms in total. The van der Waals surface area contributed by atoms with Crippen molar-refractivity contribution in [3.05, 3.63) is 40.9 Å². The van der Waals surface area contributed by atoms with Crippen LogP contribution in [0.2, 0.25) is 0 Å². The molecule has 0 saturated carbocycles. The summed E-state index contributed by atoms with van der Waals surface area (Å²) in [5.41, 5.74) is 1.10. The van der Waals surface area contributed by atoms with Crippen molar-refractivity contribution in [2.24, 2.45) is 0 Å². The Kier molecular flexibility index (Phi) is 4.74. The van der Waals surface area contributed by atoms with Gasteiger partial charge < -0.3 is 4.74 Å². The minimum atomic E-state index is -0.513. The molecule has 0 saturated heterocycles. The highest BCUT2D eigenvalue weighted by atomic mass is 32.1. The number of benzene rings is 1. The first kappa shape index (κ1) is 14.5. The quantitative estimate of drug-likeness (QED) is 0.916. The molecule has 1 heterocycles. The molecule has 0 radical (unpaired) electrons. The van der Waals surface area contributed by atoms with Gasteiger partial charge in [-0.3, -0.25) is 10.1 Å². The largest absolute Gasteiger partial charge is 0.481 e. The van der Waals surface area contributed by atoms with Gasteiger partial charge in [-0.1, -0.05) is 19.1 Å². The van der Waals surface area contributed by atoms with Crippen LogP contribution in [-0.4, -0.2) is 17.0 Å². The first-order chi connectivity index (χ1) is 9.58. The number of carbonyl (C=O) groups is 1. The van der Waals surface area contributed by atoms with Crippen LogP contribution in [0.3, 0.4) is 0 Å². The lowest BCUT2D eigenvalue weighted by Gasteiger charge is -2.16. The number of nitrogens with one attached hydrogen (secondary N) is 1. The van der Waals surface area contributed by atoms with Crippen molar-refractivity contribution in [3.63, 3.8) is 0 Å². The molecule has 2 rings (SSSR count). The number of hydrogen-bond donors (Lipinski definition) is 1. The molecule has 0 fully saturated rings. The second-order valence-corrected chi connectivity index (χ2v) is 5.83. The molecule has 106 valence electrons. The molecule has 1 aromatic carbocycles. The molecule has 5 heteroatoms. The van der Waals surface area contributed by atoms with Crippen LogP contribution in [0.5, 0.6) is 5.75 Å². The zero-order valence-corrected chi connectivity index (χ0v) is 12.7. The van der Waals surface area contributed by atoms with Gasteiger partial charge in [0.1, 0.15) is 5.75 Å². The molecule has 1 amide bonds. The number of aryl methyl sites for hydroxylation is 2. The Morgan fingerprint density at radius 3 is 2.85 bits per heavy atom. The van der Waals surface area contributed by atoms with E-state index in [1.807, 2.05) is 45.0 Å². The second-order valence-electron chi connectivity index (χ2n) is 4.60. The summed E-state index contributed by atoms with van der Waals surface area (Å²) in [6.45, 7) is 5.87. The minimum Gasteiger partial charge on any atom is -0.481 e. The highest BCUT2D eigenvalue weighted by Crippen LogP contribution is 2.19. The van der Waals surface area contributed by atoms with Crippen LogP contribution in [-0.2, 0) is 4.79 Å². The van der Waals surface area contributed by atoms with E-state index >= 15 is 0 Å². The molecule has 1 N–H and O–H groups in total. The van der Waals surface area contributed by atoms with E-state index in [1.54, 1.807) is 6.20 Å². The highest BCUT2D eigenvalue weighted by Gasteiger charge is 2.19. The van der Waals surface area contributed by atoms with E-state index in [0.717, 1.165) is 10.4 Å². The maximum absolute atomic E-state index is 12.2. The standard InChI is InChI=1S/C15H18N2O2S/c1-4-13(19-12-7-5-6-10(2)8-12)14(18)17-15-16-9-11(3)20-15/h5-9,13H,4H2,1-3H3,(H,16,17,18). The molecule has 20 heavy (non-hydrogen) atoms. The number of carbonyl (C=O) groups excluding carboxylic acids is 1. The Balaban J connectivity index is 2.02. The van der Waals surface area contributed by atoms with Crippen LogP contribution in [0.1, 0.15) is 23.8 Å². The number of anilines is 1. The zero-order chi connectivity index (χ0) is 14.5. The van der Waals surface area contributed by atoms with E-state index in [4.69, 9.17) is 4.74 Å². The first-order valence-corrected chi connectivity index (χ1v) is 7.36. The van der Waals surface area contributed by atoms with Gasteiger partial charge >= 0.3 is 0 Å². The fraction of sp³-hybridized carbons (Fsp3) is 0.333. The van der Waals surface area contributed by atoms with E-state index in [2.05, 4.69) is 10.3 Å². The van der Waals surface area contributed by atoms with Crippen molar-refractivity contribution in [1.29, 1.82) is 0 Å². The molecule has 0 aliphatic carbocycles. The predicted molar refractivity (Wildman–Crippen MR) is 81.4 cm³/mol. The molecular formula is C15H18N2O2S. The number of ether oxygens (including phenoxy) is 1. The zero-order valence-electron chi connectivity index (χ0n) is 11.8. The van der Waals surface area contributed by atoms with E-state index in [9.17, 15) is 4.79 Å². The summed E-state index contributed by atoms with van der Waals surface area (Å²) in [6.07, 6.45) is 1.83. The van der Waals surface area contributed by atoms with Gasteiger partial charge in [0.25, 0.3) is 5.91 Å². The Hall–Kier alpha value is -1.88. The number of hydrogen-bond acceptors (Lipinski definition) is 4. The number of aromatic nitrogens is 1. The first-order valence-electron chi connectivity index (χ1n) is 6.55. The smallest absolute Gasteiger partial charge is 0.267 e. The molecule has 0 bridgehead atoms. The van der Waals surface area contributed by atoms with Gasteiger partial charge in [-0.2, -0.15) is 0 Å². The van der Waals surface area contributed by atoms with Crippen molar-refractivity contribution in [1.82, 2.24) is 4.98 Å². The van der Waals surface area contributed by atoms with Crippen LogP contribution in [0, 0.1) is 13.8 Å². The summed E-state index contributed by atoms with van der Waals surface area (Å²) in [5, 5.41) is 3.40. The number of thiazole rings is 1. The van der Waals surface area contributed by atoms with Gasteiger partial charge in [0, 0.05) is 11.1 Å². The van der Waals surface area contributed by atoms with Gasteiger partial charge in [0.05, 0.1) is 0 Å². The maximum Gasteiger partial charge on any atom is 0.267 e. The van der Waals surface area contributed by atoms with Gasteiger partial charge in [-0.05, 0) is 38.0 Å². The lowest BCUT2D eigenvalue weighted by atomic mass is 10.2. The Morgan fingerprint density at radius 1 is 1.45 bits per heavy atom. The summed E-state index contributed by atoms with van der Waals surface area (Å²) in [6, 6.07) is 7.69. The number of rotatable bonds is 5. The Morgan fingerprint density at radius 2 is 2.25 bits per heavy atom. The lowest BCUT2D eigenvalue weighted by molar-refractivity contribution is -0.122. The van der Waals surface area contributed by atoms with Gasteiger partial charge in [0.15, 0.2) is 11.2 Å². The normalized spacial score (nSPS) is 11.9. The van der Waals surface area contributed by atoms with Crippen LogP contribution < -0.4 is 10.1 Å². The van der Waals surface area contributed by atoms with Gasteiger partial charge in [0.2, 0.25) is 0 Å². The fourth-order valence-corrected chi connectivity index (χ4v) is 2.44. The molecule has 1 atom stereocenters. The topological polar surface area (TPSA) is 51.2 Å². The molecule has 2 aromatic rings. The van der Waals surface area contributed by atoms with Crippen molar-refractivity contribution < 1.29 is 9.53 Å². The summed E-state index contributed by atoms with van der Waals surface area (Å²) >= 11 is 1.45. The van der Waals surface area contributed by atoms with Crippen molar-refractivity contribution >= 4 is 22.4 Å². The van der Waals surface area contributed by atoms with E-state index in [-0.39, 0.29) is 5.91 Å². The van der Waals surface area contributed by atoms with Crippen LogP contribution in [0.25, 0.3) is 0 Å². The number of nitrogens with zero attached hydrogens (tertiary/aromatic N) is 1. The van der Waals surface area contributed by atoms with Crippen molar-refractivity contribution in [2.45, 2.75) is 33.3 Å². The fourth-order valence-electron chi connectivity index (χ4n) is 1.77. The Labute approximate surface area is 122 Å². The average Bonchev–Trinajstić information content (AvgIpc) is 2.81. The molecular weight excluding hydrogens is 272 g/mol. The van der Waals surface area contributed by atoms with Gasteiger partial charge in [-0.15, -0.1) is 11.3 Å². The summed E-state index contributed by atoms with van der Waals surface area (Å²) in [5.74, 6) is 0.547. The van der Waals surface area contributed by atoms with Crippen LogP contribution in [0.15, 0.2) is 30.5 Å².